The number of amides is 2. The molecule has 1 atom stereocenters. The van der Waals surface area contributed by atoms with E-state index in [9.17, 15) is 14.4 Å². The summed E-state index contributed by atoms with van der Waals surface area (Å²) in [6.45, 7) is 3.57. The highest BCUT2D eigenvalue weighted by Gasteiger charge is 2.23. The fourth-order valence-corrected chi connectivity index (χ4v) is 2.64. The lowest BCUT2D eigenvalue weighted by Crippen LogP contribution is -2.26. The summed E-state index contributed by atoms with van der Waals surface area (Å²) in [5.74, 6) is -2.05. The van der Waals surface area contributed by atoms with Crippen LogP contribution in [0.5, 0.6) is 0 Å². The van der Waals surface area contributed by atoms with E-state index in [2.05, 4.69) is 5.32 Å². The van der Waals surface area contributed by atoms with E-state index in [1.54, 1.807) is 32.0 Å². The van der Waals surface area contributed by atoms with Gasteiger partial charge in [0.05, 0.1) is 17.0 Å². The lowest BCUT2D eigenvalue weighted by atomic mass is 10.1. The molecule has 114 valence electrons. The van der Waals surface area contributed by atoms with Gasteiger partial charge in [0, 0.05) is 0 Å². The molecule has 0 aliphatic rings. The van der Waals surface area contributed by atoms with Crippen molar-refractivity contribution in [1.82, 2.24) is 0 Å². The number of thioether (sulfide) groups is 1. The average Bonchev–Trinajstić information content (AvgIpc) is 2.38. The van der Waals surface area contributed by atoms with Crippen molar-refractivity contribution in [2.45, 2.75) is 19.1 Å². The molecule has 0 heterocycles. The summed E-state index contributed by atoms with van der Waals surface area (Å²) in [6.07, 6.45) is 0. The Bertz CT molecular complexity index is 546. The van der Waals surface area contributed by atoms with Gasteiger partial charge in [-0.15, -0.1) is 11.8 Å². The third kappa shape index (κ3) is 5.11. The number of hydrogen-bond donors (Lipinski definition) is 3. The zero-order valence-corrected chi connectivity index (χ0v) is 12.6. The topological polar surface area (TPSA) is 109 Å². The largest absolute Gasteiger partial charge is 0.480 e. The highest BCUT2D eigenvalue weighted by Crippen LogP contribution is 2.21. The third-order valence-electron chi connectivity index (χ3n) is 2.71. The molecule has 21 heavy (non-hydrogen) atoms. The van der Waals surface area contributed by atoms with Crippen molar-refractivity contribution in [3.8, 4) is 0 Å². The van der Waals surface area contributed by atoms with Crippen molar-refractivity contribution >= 4 is 35.2 Å². The molecule has 1 aromatic carbocycles. The molecule has 0 fully saturated rings. The number of para-hydroxylation sites is 1. The van der Waals surface area contributed by atoms with Gasteiger partial charge in [0.2, 0.25) is 5.91 Å². The minimum atomic E-state index is -0.944. The molecule has 4 N–H and O–H groups in total. The number of carboxylic acid groups (broad SMARTS) is 1. The molecule has 0 aliphatic heterocycles. The number of primary amides is 1. The number of rotatable bonds is 7. The maximum Gasteiger partial charge on any atom is 0.316 e. The first kappa shape index (κ1) is 17.0. The van der Waals surface area contributed by atoms with Crippen LogP contribution in [-0.4, -0.2) is 33.9 Å². The Morgan fingerprint density at radius 1 is 1.29 bits per heavy atom. The number of nitrogens with two attached hydrogens (primary N) is 1. The zero-order chi connectivity index (χ0) is 16.0. The zero-order valence-electron chi connectivity index (χ0n) is 11.8. The number of anilines is 1. The van der Waals surface area contributed by atoms with E-state index in [0.717, 1.165) is 11.8 Å². The molecule has 2 amide bonds. The summed E-state index contributed by atoms with van der Waals surface area (Å²) in [5.41, 5.74) is 5.76. The number of carbonyl (C=O) groups is 3. The van der Waals surface area contributed by atoms with Crippen molar-refractivity contribution in [3.05, 3.63) is 29.8 Å². The van der Waals surface area contributed by atoms with E-state index in [-0.39, 0.29) is 23.1 Å². The first-order valence-electron chi connectivity index (χ1n) is 6.36. The van der Waals surface area contributed by atoms with Gasteiger partial charge < -0.3 is 16.2 Å². The molecule has 0 saturated heterocycles. The Morgan fingerprint density at radius 3 is 2.43 bits per heavy atom. The molecule has 1 rings (SSSR count). The first-order chi connectivity index (χ1) is 9.82. The van der Waals surface area contributed by atoms with Crippen molar-refractivity contribution in [3.63, 3.8) is 0 Å². The molecule has 0 aromatic heterocycles. The van der Waals surface area contributed by atoms with Crippen molar-refractivity contribution in [2.24, 2.45) is 11.7 Å². The third-order valence-corrected chi connectivity index (χ3v) is 4.24. The Balaban J connectivity index is 2.66. The van der Waals surface area contributed by atoms with Crippen LogP contribution >= 0.6 is 11.8 Å². The second kappa shape index (κ2) is 7.68. The Kier molecular flexibility index (Phi) is 6.23. The smallest absolute Gasteiger partial charge is 0.316 e. The monoisotopic (exact) mass is 310 g/mol. The van der Waals surface area contributed by atoms with Crippen LogP contribution in [0.15, 0.2) is 24.3 Å². The van der Waals surface area contributed by atoms with Crippen molar-refractivity contribution in [2.75, 3.05) is 11.1 Å². The molecular weight excluding hydrogens is 292 g/mol. The quantitative estimate of drug-likeness (QED) is 0.708. The highest BCUT2D eigenvalue weighted by atomic mass is 32.2. The number of aliphatic carboxylic acids is 1. The standard InChI is InChI=1S/C14H18N2O4S/c1-8(2)12(14(19)20)21-7-11(17)16-10-6-4-3-5-9(10)13(15)18/h3-6,8,12H,7H2,1-2H3,(H2,15,18)(H,16,17)(H,19,20). The Hall–Kier alpha value is -2.02. The minimum Gasteiger partial charge on any atom is -0.480 e. The van der Waals surface area contributed by atoms with Gasteiger partial charge in [-0.1, -0.05) is 26.0 Å². The molecule has 0 spiro atoms. The van der Waals surface area contributed by atoms with Crippen LogP contribution in [0.3, 0.4) is 0 Å². The summed E-state index contributed by atoms with van der Waals surface area (Å²) in [7, 11) is 0. The van der Waals surface area contributed by atoms with Gasteiger partial charge in [0.15, 0.2) is 0 Å². The van der Waals surface area contributed by atoms with Gasteiger partial charge in [0.1, 0.15) is 5.25 Å². The van der Waals surface area contributed by atoms with Gasteiger partial charge in [-0.2, -0.15) is 0 Å². The summed E-state index contributed by atoms with van der Waals surface area (Å²) in [5, 5.41) is 11.0. The van der Waals surface area contributed by atoms with E-state index in [4.69, 9.17) is 10.8 Å². The normalized spacial score (nSPS) is 12.0. The molecule has 1 unspecified atom stereocenters. The summed E-state index contributed by atoms with van der Waals surface area (Å²) in [4.78, 5) is 34.1. The second-order valence-electron chi connectivity index (χ2n) is 4.77. The maximum absolute atomic E-state index is 11.9. The molecular formula is C14H18N2O4S. The first-order valence-corrected chi connectivity index (χ1v) is 7.41. The molecule has 1 aromatic rings. The van der Waals surface area contributed by atoms with Crippen LogP contribution < -0.4 is 11.1 Å². The second-order valence-corrected chi connectivity index (χ2v) is 5.90. The van der Waals surface area contributed by atoms with Crippen molar-refractivity contribution < 1.29 is 19.5 Å². The van der Waals surface area contributed by atoms with E-state index in [1.807, 2.05) is 0 Å². The van der Waals surface area contributed by atoms with E-state index in [1.165, 1.54) is 6.07 Å². The Labute approximate surface area is 127 Å². The van der Waals surface area contributed by atoms with Gasteiger partial charge in [-0.3, -0.25) is 14.4 Å². The van der Waals surface area contributed by atoms with Crippen LogP contribution in [0.25, 0.3) is 0 Å². The minimum absolute atomic E-state index is 0.0117. The SMILES string of the molecule is CC(C)C(SCC(=O)Nc1ccccc1C(N)=O)C(=O)O. The molecule has 7 heteroatoms. The van der Waals surface area contributed by atoms with Gasteiger partial charge in [-0.05, 0) is 18.1 Å². The lowest BCUT2D eigenvalue weighted by molar-refractivity contribution is -0.137. The van der Waals surface area contributed by atoms with E-state index >= 15 is 0 Å². The van der Waals surface area contributed by atoms with E-state index < -0.39 is 17.1 Å². The molecule has 0 bridgehead atoms. The van der Waals surface area contributed by atoms with Crippen LogP contribution in [0, 0.1) is 5.92 Å². The highest BCUT2D eigenvalue weighted by molar-refractivity contribution is 8.01. The van der Waals surface area contributed by atoms with Crippen LogP contribution in [0.4, 0.5) is 5.69 Å². The molecule has 0 radical (unpaired) electrons. The number of hydrogen-bond acceptors (Lipinski definition) is 4. The fraction of sp³-hybridized carbons (Fsp3) is 0.357. The van der Waals surface area contributed by atoms with Crippen LogP contribution in [0.1, 0.15) is 24.2 Å². The summed E-state index contributed by atoms with van der Waals surface area (Å²) < 4.78 is 0. The average molecular weight is 310 g/mol. The fourth-order valence-electron chi connectivity index (χ4n) is 1.71. The Morgan fingerprint density at radius 2 is 1.90 bits per heavy atom. The molecule has 6 nitrogen and oxygen atoms in total. The van der Waals surface area contributed by atoms with E-state index in [0.29, 0.717) is 5.69 Å². The number of carbonyl (C=O) groups excluding carboxylic acids is 2. The number of benzene rings is 1. The number of carboxylic acids is 1. The van der Waals surface area contributed by atoms with Crippen molar-refractivity contribution in [1.29, 1.82) is 0 Å². The van der Waals surface area contributed by atoms with Crippen LogP contribution in [0.2, 0.25) is 0 Å². The molecule has 0 aliphatic carbocycles. The van der Waals surface area contributed by atoms with Gasteiger partial charge in [-0.25, -0.2) is 0 Å². The maximum atomic E-state index is 11.9. The lowest BCUT2D eigenvalue weighted by Gasteiger charge is -2.15. The summed E-state index contributed by atoms with van der Waals surface area (Å²) >= 11 is 1.05. The van der Waals surface area contributed by atoms with Crippen LogP contribution in [-0.2, 0) is 9.59 Å². The predicted molar refractivity (Wildman–Crippen MR) is 82.3 cm³/mol. The number of nitrogens with one attached hydrogen (secondary N) is 1. The predicted octanol–water partition coefficient (Wildman–Crippen LogP) is 1.57. The molecule has 0 saturated carbocycles. The summed E-state index contributed by atoms with van der Waals surface area (Å²) in [6, 6.07) is 6.39. The van der Waals surface area contributed by atoms with Gasteiger partial charge >= 0.3 is 5.97 Å². The van der Waals surface area contributed by atoms with Gasteiger partial charge in [0.25, 0.3) is 5.91 Å².